The molecule has 3 aliphatic heterocycles. The number of hydrogen-bond acceptors (Lipinski definition) is 5. The SMILES string of the molecule is CN=C(NCCc1nnc2n1CCCCC2)N1CCC(N2CCOCC2)C1.I. The van der Waals surface area contributed by atoms with E-state index in [1.54, 1.807) is 0 Å². The van der Waals surface area contributed by atoms with Crippen molar-refractivity contribution in [1.29, 1.82) is 0 Å². The summed E-state index contributed by atoms with van der Waals surface area (Å²) in [4.78, 5) is 9.48. The maximum Gasteiger partial charge on any atom is 0.193 e. The van der Waals surface area contributed by atoms with E-state index >= 15 is 0 Å². The smallest absolute Gasteiger partial charge is 0.193 e. The van der Waals surface area contributed by atoms with Crippen molar-refractivity contribution in [2.75, 3.05) is 53.0 Å². The first kappa shape index (κ1) is 21.8. The minimum atomic E-state index is 0. The molecule has 1 N–H and O–H groups in total. The van der Waals surface area contributed by atoms with E-state index < -0.39 is 0 Å². The third-order valence-electron chi connectivity index (χ3n) is 6.05. The zero-order valence-electron chi connectivity index (χ0n) is 17.0. The van der Waals surface area contributed by atoms with Gasteiger partial charge in [0.1, 0.15) is 11.6 Å². The van der Waals surface area contributed by atoms with Gasteiger partial charge in [0.2, 0.25) is 0 Å². The predicted molar refractivity (Wildman–Crippen MR) is 120 cm³/mol. The van der Waals surface area contributed by atoms with Crippen molar-refractivity contribution in [2.45, 2.75) is 51.1 Å². The maximum atomic E-state index is 5.49. The minimum absolute atomic E-state index is 0. The number of guanidine groups is 1. The molecule has 1 aromatic heterocycles. The minimum Gasteiger partial charge on any atom is -0.379 e. The molecule has 4 heterocycles. The van der Waals surface area contributed by atoms with Crippen molar-refractivity contribution in [1.82, 2.24) is 29.9 Å². The third kappa shape index (κ3) is 5.15. The fourth-order valence-corrected chi connectivity index (χ4v) is 4.52. The molecule has 0 aliphatic carbocycles. The Hall–Kier alpha value is -0.940. The number of morpholine rings is 1. The van der Waals surface area contributed by atoms with Gasteiger partial charge in [-0.25, -0.2) is 0 Å². The van der Waals surface area contributed by atoms with E-state index in [2.05, 4.69) is 34.9 Å². The van der Waals surface area contributed by atoms with E-state index in [1.165, 1.54) is 31.5 Å². The van der Waals surface area contributed by atoms with Crippen molar-refractivity contribution in [3.8, 4) is 0 Å². The number of hydrogen-bond donors (Lipinski definition) is 1. The van der Waals surface area contributed by atoms with Crippen LogP contribution in [0.2, 0.25) is 0 Å². The summed E-state index contributed by atoms with van der Waals surface area (Å²) in [5.41, 5.74) is 0. The van der Waals surface area contributed by atoms with E-state index in [0.29, 0.717) is 6.04 Å². The second-order valence-corrected chi connectivity index (χ2v) is 7.76. The molecule has 1 unspecified atom stereocenters. The van der Waals surface area contributed by atoms with Crippen LogP contribution in [-0.4, -0.2) is 89.6 Å². The zero-order valence-corrected chi connectivity index (χ0v) is 19.3. The lowest BCUT2D eigenvalue weighted by Crippen LogP contribution is -2.47. The van der Waals surface area contributed by atoms with Crippen LogP contribution in [0.25, 0.3) is 0 Å². The van der Waals surface area contributed by atoms with E-state index in [-0.39, 0.29) is 24.0 Å². The van der Waals surface area contributed by atoms with E-state index in [0.717, 1.165) is 77.1 Å². The number of halogens is 1. The summed E-state index contributed by atoms with van der Waals surface area (Å²) in [7, 11) is 1.88. The van der Waals surface area contributed by atoms with Gasteiger partial charge in [-0.15, -0.1) is 34.2 Å². The van der Waals surface area contributed by atoms with Crippen LogP contribution in [0.1, 0.15) is 37.3 Å². The van der Waals surface area contributed by atoms with Gasteiger partial charge in [-0.2, -0.15) is 0 Å². The Morgan fingerprint density at radius 2 is 2.00 bits per heavy atom. The summed E-state index contributed by atoms with van der Waals surface area (Å²) in [5.74, 6) is 3.30. The highest BCUT2D eigenvalue weighted by Crippen LogP contribution is 2.17. The van der Waals surface area contributed by atoms with Crippen molar-refractivity contribution in [3.05, 3.63) is 11.6 Å². The first-order chi connectivity index (χ1) is 13.3. The normalized spacial score (nSPS) is 23.8. The Morgan fingerprint density at radius 1 is 1.14 bits per heavy atom. The summed E-state index contributed by atoms with van der Waals surface area (Å²) in [5, 5.41) is 12.4. The molecule has 2 fully saturated rings. The van der Waals surface area contributed by atoms with Crippen LogP contribution in [0.4, 0.5) is 0 Å². The molecule has 4 rings (SSSR count). The molecule has 2 saturated heterocycles. The molecule has 0 spiro atoms. The predicted octanol–water partition coefficient (Wildman–Crippen LogP) is 1.15. The Labute approximate surface area is 185 Å². The molecule has 8 nitrogen and oxygen atoms in total. The van der Waals surface area contributed by atoms with Crippen molar-refractivity contribution in [2.24, 2.45) is 4.99 Å². The lowest BCUT2D eigenvalue weighted by Gasteiger charge is -2.32. The molecule has 0 aromatic carbocycles. The van der Waals surface area contributed by atoms with Gasteiger partial charge in [-0.05, 0) is 19.3 Å². The summed E-state index contributed by atoms with van der Waals surface area (Å²) < 4.78 is 7.82. The Balaban J connectivity index is 0.00000225. The highest BCUT2D eigenvalue weighted by Gasteiger charge is 2.30. The average Bonchev–Trinajstić information content (AvgIpc) is 3.27. The van der Waals surface area contributed by atoms with Gasteiger partial charge < -0.3 is 19.5 Å². The van der Waals surface area contributed by atoms with Crippen LogP contribution in [0.5, 0.6) is 0 Å². The van der Waals surface area contributed by atoms with Gasteiger partial charge in [0, 0.05) is 65.2 Å². The summed E-state index contributed by atoms with van der Waals surface area (Å²) in [6.07, 6.45) is 6.95. The van der Waals surface area contributed by atoms with Crippen LogP contribution in [0.15, 0.2) is 4.99 Å². The fourth-order valence-electron chi connectivity index (χ4n) is 4.52. The van der Waals surface area contributed by atoms with Gasteiger partial charge in [0.25, 0.3) is 0 Å². The molecule has 158 valence electrons. The molecule has 0 bridgehead atoms. The summed E-state index contributed by atoms with van der Waals surface area (Å²) in [6.45, 7) is 7.90. The highest BCUT2D eigenvalue weighted by molar-refractivity contribution is 14.0. The topological polar surface area (TPSA) is 70.8 Å². The summed E-state index contributed by atoms with van der Waals surface area (Å²) in [6, 6.07) is 0.625. The second-order valence-electron chi connectivity index (χ2n) is 7.76. The molecule has 0 amide bonds. The third-order valence-corrected chi connectivity index (χ3v) is 6.05. The number of aromatic nitrogens is 3. The number of rotatable bonds is 4. The molecule has 28 heavy (non-hydrogen) atoms. The molecule has 0 radical (unpaired) electrons. The number of nitrogens with one attached hydrogen (secondary N) is 1. The van der Waals surface area contributed by atoms with Gasteiger partial charge in [0.15, 0.2) is 5.96 Å². The second kappa shape index (κ2) is 10.7. The monoisotopic (exact) mass is 503 g/mol. The first-order valence-electron chi connectivity index (χ1n) is 10.5. The number of aryl methyl sites for hydroxylation is 1. The molecule has 1 atom stereocenters. The first-order valence-corrected chi connectivity index (χ1v) is 10.5. The van der Waals surface area contributed by atoms with E-state index in [1.807, 2.05) is 7.05 Å². The highest BCUT2D eigenvalue weighted by atomic mass is 127. The van der Waals surface area contributed by atoms with Crippen molar-refractivity contribution in [3.63, 3.8) is 0 Å². The Bertz CT molecular complexity index is 644. The molecule has 0 saturated carbocycles. The average molecular weight is 503 g/mol. The van der Waals surface area contributed by atoms with Gasteiger partial charge in [-0.1, -0.05) is 6.42 Å². The van der Waals surface area contributed by atoms with E-state index in [9.17, 15) is 0 Å². The number of nitrogens with zero attached hydrogens (tertiary/aromatic N) is 6. The van der Waals surface area contributed by atoms with Crippen LogP contribution < -0.4 is 5.32 Å². The zero-order chi connectivity index (χ0) is 18.5. The van der Waals surface area contributed by atoms with E-state index in [4.69, 9.17) is 4.74 Å². The Kier molecular flexibility index (Phi) is 8.34. The summed E-state index contributed by atoms with van der Waals surface area (Å²) >= 11 is 0. The van der Waals surface area contributed by atoms with Crippen molar-refractivity contribution < 1.29 is 4.74 Å². The van der Waals surface area contributed by atoms with Crippen molar-refractivity contribution >= 4 is 29.9 Å². The largest absolute Gasteiger partial charge is 0.379 e. The van der Waals surface area contributed by atoms with Gasteiger partial charge >= 0.3 is 0 Å². The number of fused-ring (bicyclic) bond motifs is 1. The lowest BCUT2D eigenvalue weighted by atomic mass is 10.2. The number of aliphatic imine (C=N–C) groups is 1. The maximum absolute atomic E-state index is 5.49. The van der Waals surface area contributed by atoms with Crippen LogP contribution in [-0.2, 0) is 24.1 Å². The van der Waals surface area contributed by atoms with Gasteiger partial charge in [-0.3, -0.25) is 9.89 Å². The number of likely N-dealkylation sites (tertiary alicyclic amines) is 1. The number of ether oxygens (including phenoxy) is 1. The van der Waals surface area contributed by atoms with Crippen LogP contribution in [0.3, 0.4) is 0 Å². The Morgan fingerprint density at radius 3 is 2.82 bits per heavy atom. The van der Waals surface area contributed by atoms with Crippen LogP contribution >= 0.6 is 24.0 Å². The molecular formula is C19H34IN7O. The standard InChI is InChI=1S/C19H33N7O.HI/c1-20-19(25-10-7-16(15-25)24-11-13-27-14-12-24)21-8-6-18-23-22-17-5-3-2-4-9-26(17)18;/h16H,2-15H2,1H3,(H,20,21);1H. The van der Waals surface area contributed by atoms with Gasteiger partial charge in [0.05, 0.1) is 13.2 Å². The molecule has 1 aromatic rings. The fraction of sp³-hybridized carbons (Fsp3) is 0.842. The lowest BCUT2D eigenvalue weighted by molar-refractivity contribution is 0.0195. The molecular weight excluding hydrogens is 469 g/mol. The molecule has 3 aliphatic rings. The molecule has 9 heteroatoms. The quantitative estimate of drug-likeness (QED) is 0.378. The van der Waals surface area contributed by atoms with Crippen LogP contribution in [0, 0.1) is 0 Å².